The van der Waals surface area contributed by atoms with Gasteiger partial charge in [-0.1, -0.05) is 45.1 Å². The number of nitrogens with zero attached hydrogens (tertiary/aromatic N) is 1. The SMILES string of the molecule is C/C=C(\C#N)c1cc(OC)c(C)cc1OCCCCCCCC. The molecule has 0 unspecified atom stereocenters. The van der Waals surface area contributed by atoms with Gasteiger partial charge in [0.25, 0.3) is 0 Å². The summed E-state index contributed by atoms with van der Waals surface area (Å²) in [5, 5.41) is 9.31. The number of rotatable bonds is 10. The summed E-state index contributed by atoms with van der Waals surface area (Å²) in [6.45, 7) is 6.77. The van der Waals surface area contributed by atoms with E-state index in [0.717, 1.165) is 29.0 Å². The molecule has 126 valence electrons. The van der Waals surface area contributed by atoms with Crippen molar-refractivity contribution >= 4 is 5.57 Å². The number of benzene rings is 1. The van der Waals surface area contributed by atoms with Crippen LogP contribution in [-0.2, 0) is 0 Å². The van der Waals surface area contributed by atoms with E-state index in [0.29, 0.717) is 12.2 Å². The monoisotopic (exact) mass is 315 g/mol. The van der Waals surface area contributed by atoms with E-state index >= 15 is 0 Å². The minimum atomic E-state index is 0.612. The van der Waals surface area contributed by atoms with Crippen LogP contribution in [0.15, 0.2) is 18.2 Å². The molecule has 0 fully saturated rings. The Morgan fingerprint density at radius 3 is 2.43 bits per heavy atom. The van der Waals surface area contributed by atoms with Gasteiger partial charge in [-0.2, -0.15) is 5.26 Å². The molecule has 3 nitrogen and oxygen atoms in total. The molecule has 0 radical (unpaired) electrons. The molecule has 0 aliphatic carbocycles. The predicted octanol–water partition coefficient (Wildman–Crippen LogP) is 5.67. The average molecular weight is 315 g/mol. The number of hydrogen-bond acceptors (Lipinski definition) is 3. The fourth-order valence-electron chi connectivity index (χ4n) is 2.56. The maximum Gasteiger partial charge on any atom is 0.128 e. The van der Waals surface area contributed by atoms with Crippen LogP contribution in [0.2, 0.25) is 0 Å². The quantitative estimate of drug-likeness (QED) is 0.412. The van der Waals surface area contributed by atoms with Gasteiger partial charge in [0.2, 0.25) is 0 Å². The molecular formula is C20H29NO2. The fourth-order valence-corrected chi connectivity index (χ4v) is 2.56. The van der Waals surface area contributed by atoms with Gasteiger partial charge < -0.3 is 9.47 Å². The van der Waals surface area contributed by atoms with E-state index in [9.17, 15) is 5.26 Å². The summed E-state index contributed by atoms with van der Waals surface area (Å²) in [5.74, 6) is 1.55. The zero-order valence-electron chi connectivity index (χ0n) is 14.9. The summed E-state index contributed by atoms with van der Waals surface area (Å²) < 4.78 is 11.3. The van der Waals surface area contributed by atoms with Gasteiger partial charge in [-0.15, -0.1) is 0 Å². The minimum absolute atomic E-state index is 0.612. The van der Waals surface area contributed by atoms with Gasteiger partial charge in [0.05, 0.1) is 25.4 Å². The molecule has 0 aromatic heterocycles. The number of ether oxygens (including phenoxy) is 2. The third-order valence-electron chi connectivity index (χ3n) is 3.95. The first-order valence-corrected chi connectivity index (χ1v) is 8.56. The maximum atomic E-state index is 9.31. The van der Waals surface area contributed by atoms with Gasteiger partial charge in [0.1, 0.15) is 11.5 Å². The van der Waals surface area contributed by atoms with Crippen molar-refractivity contribution in [3.05, 3.63) is 29.3 Å². The number of unbranched alkanes of at least 4 members (excludes halogenated alkanes) is 5. The largest absolute Gasteiger partial charge is 0.496 e. The highest BCUT2D eigenvalue weighted by Gasteiger charge is 2.12. The molecule has 3 heteroatoms. The summed E-state index contributed by atoms with van der Waals surface area (Å²) in [4.78, 5) is 0. The number of hydrogen-bond donors (Lipinski definition) is 0. The second-order valence-electron chi connectivity index (χ2n) is 5.75. The lowest BCUT2D eigenvalue weighted by atomic mass is 10.0. The van der Waals surface area contributed by atoms with Crippen LogP contribution < -0.4 is 9.47 Å². The van der Waals surface area contributed by atoms with Crippen LogP contribution in [0.25, 0.3) is 5.57 Å². The number of methoxy groups -OCH3 is 1. The molecule has 0 saturated heterocycles. The van der Waals surface area contributed by atoms with E-state index in [1.54, 1.807) is 7.11 Å². The number of nitriles is 1. The molecule has 0 spiro atoms. The highest BCUT2D eigenvalue weighted by atomic mass is 16.5. The summed E-state index contributed by atoms with van der Waals surface area (Å²) in [7, 11) is 1.64. The van der Waals surface area contributed by atoms with Crippen molar-refractivity contribution in [2.45, 2.75) is 59.3 Å². The minimum Gasteiger partial charge on any atom is -0.496 e. The van der Waals surface area contributed by atoms with E-state index < -0.39 is 0 Å². The lowest BCUT2D eigenvalue weighted by molar-refractivity contribution is 0.302. The molecule has 0 aliphatic heterocycles. The van der Waals surface area contributed by atoms with Crippen molar-refractivity contribution in [3.8, 4) is 17.6 Å². The zero-order valence-corrected chi connectivity index (χ0v) is 14.9. The van der Waals surface area contributed by atoms with Crippen molar-refractivity contribution in [2.24, 2.45) is 0 Å². The van der Waals surface area contributed by atoms with Crippen molar-refractivity contribution in [1.29, 1.82) is 5.26 Å². The zero-order chi connectivity index (χ0) is 17.1. The molecule has 1 aromatic rings. The van der Waals surface area contributed by atoms with Gasteiger partial charge in [0.15, 0.2) is 0 Å². The first-order chi connectivity index (χ1) is 11.2. The van der Waals surface area contributed by atoms with Gasteiger partial charge in [-0.3, -0.25) is 0 Å². The smallest absolute Gasteiger partial charge is 0.128 e. The Hall–Kier alpha value is -1.95. The van der Waals surface area contributed by atoms with Crippen LogP contribution >= 0.6 is 0 Å². The molecule has 1 aromatic carbocycles. The van der Waals surface area contributed by atoms with Gasteiger partial charge in [0, 0.05) is 5.56 Å². The van der Waals surface area contributed by atoms with Crippen LogP contribution in [0.5, 0.6) is 11.5 Å². The van der Waals surface area contributed by atoms with Crippen LogP contribution in [0.4, 0.5) is 0 Å². The lowest BCUT2D eigenvalue weighted by Gasteiger charge is -2.14. The standard InChI is InChI=1S/C20H29NO2/c1-5-7-8-9-10-11-12-23-20-13-16(3)19(22-4)14-18(20)17(6-2)15-21/h6,13-14H,5,7-12H2,1-4H3/b17-6+. The lowest BCUT2D eigenvalue weighted by Crippen LogP contribution is -2.01. The normalized spacial score (nSPS) is 11.2. The molecule has 0 bridgehead atoms. The molecule has 0 saturated carbocycles. The number of allylic oxidation sites excluding steroid dienone is 2. The Bertz CT molecular complexity index is 555. The molecule has 0 N–H and O–H groups in total. The fraction of sp³-hybridized carbons (Fsp3) is 0.550. The molecule has 0 atom stereocenters. The Balaban J connectivity index is 2.73. The Morgan fingerprint density at radius 1 is 1.13 bits per heavy atom. The summed E-state index contributed by atoms with van der Waals surface area (Å²) >= 11 is 0. The summed E-state index contributed by atoms with van der Waals surface area (Å²) in [5.41, 5.74) is 2.44. The molecule has 0 heterocycles. The maximum absolute atomic E-state index is 9.31. The van der Waals surface area contributed by atoms with Crippen molar-refractivity contribution < 1.29 is 9.47 Å². The Morgan fingerprint density at radius 2 is 1.83 bits per heavy atom. The Labute approximate surface area is 140 Å². The van der Waals surface area contributed by atoms with Crippen LogP contribution in [0.3, 0.4) is 0 Å². The van der Waals surface area contributed by atoms with Crippen LogP contribution in [-0.4, -0.2) is 13.7 Å². The van der Waals surface area contributed by atoms with E-state index in [1.165, 1.54) is 32.1 Å². The third-order valence-corrected chi connectivity index (χ3v) is 3.95. The third kappa shape index (κ3) is 5.98. The van der Waals surface area contributed by atoms with E-state index in [1.807, 2.05) is 32.1 Å². The van der Waals surface area contributed by atoms with Crippen LogP contribution in [0, 0.1) is 18.3 Å². The topological polar surface area (TPSA) is 42.2 Å². The second kappa shape index (κ2) is 10.7. The Kier molecular flexibility index (Phi) is 8.90. The van der Waals surface area contributed by atoms with Crippen molar-refractivity contribution in [1.82, 2.24) is 0 Å². The molecule has 0 amide bonds. The number of aryl methyl sites for hydroxylation is 1. The second-order valence-corrected chi connectivity index (χ2v) is 5.75. The average Bonchev–Trinajstić information content (AvgIpc) is 2.56. The van der Waals surface area contributed by atoms with Crippen LogP contribution in [0.1, 0.15) is 63.5 Å². The van der Waals surface area contributed by atoms with Gasteiger partial charge >= 0.3 is 0 Å². The highest BCUT2D eigenvalue weighted by molar-refractivity contribution is 5.81. The van der Waals surface area contributed by atoms with Gasteiger partial charge in [-0.25, -0.2) is 0 Å². The molecular weight excluding hydrogens is 286 g/mol. The molecule has 1 rings (SSSR count). The molecule has 23 heavy (non-hydrogen) atoms. The first-order valence-electron chi connectivity index (χ1n) is 8.56. The highest BCUT2D eigenvalue weighted by Crippen LogP contribution is 2.33. The summed E-state index contributed by atoms with van der Waals surface area (Å²) in [6.07, 6.45) is 9.21. The van der Waals surface area contributed by atoms with E-state index in [2.05, 4.69) is 13.0 Å². The predicted molar refractivity (Wildman–Crippen MR) is 95.9 cm³/mol. The van der Waals surface area contributed by atoms with E-state index in [4.69, 9.17) is 9.47 Å². The van der Waals surface area contributed by atoms with Gasteiger partial charge in [-0.05, 0) is 38.0 Å². The molecule has 0 aliphatic rings. The van der Waals surface area contributed by atoms with E-state index in [-0.39, 0.29) is 0 Å². The van der Waals surface area contributed by atoms with Crippen molar-refractivity contribution in [3.63, 3.8) is 0 Å². The van der Waals surface area contributed by atoms with Crippen molar-refractivity contribution in [2.75, 3.05) is 13.7 Å². The first kappa shape index (κ1) is 19.1. The summed E-state index contributed by atoms with van der Waals surface area (Å²) in [6, 6.07) is 6.09.